The van der Waals surface area contributed by atoms with E-state index in [9.17, 15) is 22.8 Å². The summed E-state index contributed by atoms with van der Waals surface area (Å²) in [6.07, 6.45) is 0.519. The number of nitrogens with zero attached hydrogens (tertiary/aromatic N) is 2. The van der Waals surface area contributed by atoms with Crippen LogP contribution in [0.4, 0.5) is 0 Å². The van der Waals surface area contributed by atoms with E-state index in [2.05, 4.69) is 5.32 Å². The molecule has 0 radical (unpaired) electrons. The van der Waals surface area contributed by atoms with Crippen LogP contribution in [0.1, 0.15) is 55.1 Å². The second-order valence-corrected chi connectivity index (χ2v) is 10.5. The fourth-order valence-corrected chi connectivity index (χ4v) is 5.42. The predicted octanol–water partition coefficient (Wildman–Crippen LogP) is 2.86. The van der Waals surface area contributed by atoms with Crippen molar-refractivity contribution in [3.63, 3.8) is 0 Å². The Morgan fingerprint density at radius 1 is 1.09 bits per heavy atom. The van der Waals surface area contributed by atoms with E-state index in [1.807, 2.05) is 45.0 Å². The summed E-state index contributed by atoms with van der Waals surface area (Å²) in [6.45, 7) is 7.33. The minimum absolute atomic E-state index is 0.0447. The van der Waals surface area contributed by atoms with Crippen molar-refractivity contribution >= 4 is 27.7 Å². The molecule has 3 rings (SSSR count). The highest BCUT2D eigenvalue weighted by atomic mass is 32.2. The van der Waals surface area contributed by atoms with Crippen LogP contribution in [0.25, 0.3) is 0 Å². The molecule has 1 N–H and O–H groups in total. The van der Waals surface area contributed by atoms with E-state index < -0.39 is 27.9 Å². The number of sulfonamides is 1. The molecule has 0 aliphatic carbocycles. The number of fused-ring (bicyclic) bond motifs is 1. The number of hydrogen-bond donors (Lipinski definition) is 1. The van der Waals surface area contributed by atoms with Crippen molar-refractivity contribution in [2.24, 2.45) is 0 Å². The maximum Gasteiger partial charge on any atom is 0.269 e. The van der Waals surface area contributed by atoms with Crippen molar-refractivity contribution in [3.05, 3.63) is 65.2 Å². The zero-order valence-corrected chi connectivity index (χ0v) is 20.8. The fraction of sp³-hybridized carbons (Fsp3) is 0.400. The largest absolute Gasteiger partial charge is 0.352 e. The first-order valence-electron chi connectivity index (χ1n) is 11.4. The summed E-state index contributed by atoms with van der Waals surface area (Å²) >= 11 is 0. The maximum absolute atomic E-state index is 13.3. The van der Waals surface area contributed by atoms with Crippen molar-refractivity contribution < 1.29 is 22.8 Å². The van der Waals surface area contributed by atoms with Gasteiger partial charge in [-0.2, -0.15) is 0 Å². The van der Waals surface area contributed by atoms with Gasteiger partial charge < -0.3 is 10.2 Å². The fourth-order valence-electron chi connectivity index (χ4n) is 3.85. The third-order valence-corrected chi connectivity index (χ3v) is 7.89. The monoisotopic (exact) mass is 485 g/mol. The van der Waals surface area contributed by atoms with Crippen LogP contribution in [0, 0.1) is 6.92 Å². The molecular weight excluding hydrogens is 454 g/mol. The summed E-state index contributed by atoms with van der Waals surface area (Å²) in [5, 5.41) is 2.90. The molecule has 182 valence electrons. The Hall–Kier alpha value is -3.20. The molecular formula is C25H31N3O5S. The van der Waals surface area contributed by atoms with Crippen LogP contribution in [0.2, 0.25) is 0 Å². The highest BCUT2D eigenvalue weighted by molar-refractivity contribution is 7.90. The topological polar surface area (TPSA) is 104 Å². The lowest BCUT2D eigenvalue weighted by molar-refractivity contribution is -0.140. The van der Waals surface area contributed by atoms with E-state index in [0.29, 0.717) is 0 Å². The molecule has 2 atom stereocenters. The van der Waals surface area contributed by atoms with Gasteiger partial charge in [0.15, 0.2) is 0 Å². The Kier molecular flexibility index (Phi) is 7.76. The van der Waals surface area contributed by atoms with Crippen LogP contribution in [-0.4, -0.2) is 54.0 Å². The summed E-state index contributed by atoms with van der Waals surface area (Å²) in [4.78, 5) is 40.2. The van der Waals surface area contributed by atoms with Crippen molar-refractivity contribution in [1.82, 2.24) is 14.5 Å². The number of rotatable bonds is 9. The van der Waals surface area contributed by atoms with Gasteiger partial charge in [-0.25, -0.2) is 12.7 Å². The molecule has 2 unspecified atom stereocenters. The third kappa shape index (κ3) is 5.30. The van der Waals surface area contributed by atoms with E-state index in [1.54, 1.807) is 19.1 Å². The van der Waals surface area contributed by atoms with Crippen molar-refractivity contribution in [2.75, 3.05) is 6.54 Å². The first kappa shape index (κ1) is 25.4. The van der Waals surface area contributed by atoms with E-state index in [1.165, 1.54) is 17.0 Å². The van der Waals surface area contributed by atoms with Gasteiger partial charge in [-0.1, -0.05) is 48.9 Å². The molecule has 0 fully saturated rings. The molecule has 0 aromatic heterocycles. The summed E-state index contributed by atoms with van der Waals surface area (Å²) in [6, 6.07) is 12.8. The highest BCUT2D eigenvalue weighted by Crippen LogP contribution is 2.30. The number of carbonyl (C=O) groups excluding carboxylic acids is 3. The second kappa shape index (κ2) is 10.4. The average Bonchev–Trinajstić information content (AvgIpc) is 3.00. The van der Waals surface area contributed by atoms with Gasteiger partial charge in [-0.05, 0) is 44.9 Å². The van der Waals surface area contributed by atoms with Gasteiger partial charge in [0.25, 0.3) is 15.9 Å². The molecule has 34 heavy (non-hydrogen) atoms. The Morgan fingerprint density at radius 3 is 2.44 bits per heavy atom. The molecule has 2 aromatic rings. The quantitative estimate of drug-likeness (QED) is 0.588. The molecule has 0 saturated heterocycles. The number of amides is 3. The molecule has 1 heterocycles. The first-order chi connectivity index (χ1) is 16.1. The SMILES string of the molecule is CCC(C)NC(=O)C(C)N(Cc1cccc(C)c1)C(=O)CCN1C(=O)c2ccccc2S1(=O)=O. The molecule has 0 bridgehead atoms. The van der Waals surface area contributed by atoms with E-state index in [0.717, 1.165) is 21.9 Å². The summed E-state index contributed by atoms with van der Waals surface area (Å²) in [5.41, 5.74) is 1.98. The van der Waals surface area contributed by atoms with Crippen LogP contribution >= 0.6 is 0 Å². The summed E-state index contributed by atoms with van der Waals surface area (Å²) < 4.78 is 26.4. The van der Waals surface area contributed by atoms with Crippen molar-refractivity contribution in [1.29, 1.82) is 0 Å². The Bertz CT molecular complexity index is 1190. The zero-order chi connectivity index (χ0) is 25.0. The molecule has 1 aliphatic heterocycles. The Morgan fingerprint density at radius 2 is 1.79 bits per heavy atom. The average molecular weight is 486 g/mol. The van der Waals surface area contributed by atoms with E-state index >= 15 is 0 Å². The van der Waals surface area contributed by atoms with Crippen molar-refractivity contribution in [2.45, 2.75) is 64.1 Å². The van der Waals surface area contributed by atoms with E-state index in [4.69, 9.17) is 0 Å². The number of nitrogens with one attached hydrogen (secondary N) is 1. The highest BCUT2D eigenvalue weighted by Gasteiger charge is 2.41. The van der Waals surface area contributed by atoms with Gasteiger partial charge >= 0.3 is 0 Å². The zero-order valence-electron chi connectivity index (χ0n) is 19.9. The Balaban J connectivity index is 1.79. The first-order valence-corrected chi connectivity index (χ1v) is 12.8. The predicted molar refractivity (Wildman–Crippen MR) is 128 cm³/mol. The minimum Gasteiger partial charge on any atom is -0.352 e. The van der Waals surface area contributed by atoms with Gasteiger partial charge in [0, 0.05) is 25.6 Å². The number of benzene rings is 2. The lowest BCUT2D eigenvalue weighted by Gasteiger charge is -2.30. The number of carbonyl (C=O) groups is 3. The van der Waals surface area contributed by atoms with Gasteiger partial charge in [0.1, 0.15) is 10.9 Å². The van der Waals surface area contributed by atoms with Gasteiger partial charge in [-0.3, -0.25) is 14.4 Å². The molecule has 8 nitrogen and oxygen atoms in total. The number of aryl methyl sites for hydroxylation is 1. The molecule has 9 heteroatoms. The van der Waals surface area contributed by atoms with Crippen LogP contribution in [0.15, 0.2) is 53.4 Å². The van der Waals surface area contributed by atoms with E-state index in [-0.39, 0.29) is 41.9 Å². The van der Waals surface area contributed by atoms with Crippen LogP contribution in [0.3, 0.4) is 0 Å². The van der Waals surface area contributed by atoms with Crippen LogP contribution in [-0.2, 0) is 26.2 Å². The number of hydrogen-bond acceptors (Lipinski definition) is 5. The minimum atomic E-state index is -4.00. The van der Waals surface area contributed by atoms with Gasteiger partial charge in [0.05, 0.1) is 5.56 Å². The molecule has 0 saturated carbocycles. The summed E-state index contributed by atoms with van der Waals surface area (Å²) in [7, 11) is -4.00. The third-order valence-electron chi connectivity index (χ3n) is 6.04. The van der Waals surface area contributed by atoms with Crippen LogP contribution in [0.5, 0.6) is 0 Å². The molecule has 3 amide bonds. The smallest absolute Gasteiger partial charge is 0.269 e. The van der Waals surface area contributed by atoms with Crippen LogP contribution < -0.4 is 5.32 Å². The van der Waals surface area contributed by atoms with Gasteiger partial charge in [0.2, 0.25) is 11.8 Å². The molecule has 2 aromatic carbocycles. The lowest BCUT2D eigenvalue weighted by atomic mass is 10.1. The lowest BCUT2D eigenvalue weighted by Crippen LogP contribution is -2.50. The van der Waals surface area contributed by atoms with Crippen molar-refractivity contribution in [3.8, 4) is 0 Å². The molecule has 1 aliphatic rings. The standard InChI is InChI=1S/C25H31N3O5S/c1-5-18(3)26-24(30)19(4)27(16-20-10-8-9-17(2)15-20)23(29)13-14-28-25(31)21-11-6-7-12-22(21)34(28,32)33/h6-12,15,18-19H,5,13-14,16H2,1-4H3,(H,26,30). The second-order valence-electron chi connectivity index (χ2n) is 8.63. The maximum atomic E-state index is 13.3. The normalized spacial score (nSPS) is 16.0. The summed E-state index contributed by atoms with van der Waals surface area (Å²) in [5.74, 6) is -1.34. The molecule has 0 spiro atoms. The van der Waals surface area contributed by atoms with Gasteiger partial charge in [-0.15, -0.1) is 0 Å². The Labute approximate surface area is 201 Å².